The molecule has 2 heterocycles. The van der Waals surface area contributed by atoms with Gasteiger partial charge in [-0.05, 0) is 52.2 Å². The molecule has 0 saturated carbocycles. The highest BCUT2D eigenvalue weighted by molar-refractivity contribution is 6.30. The van der Waals surface area contributed by atoms with Crippen molar-refractivity contribution in [3.63, 3.8) is 0 Å². The quantitative estimate of drug-likeness (QED) is 0.636. The summed E-state index contributed by atoms with van der Waals surface area (Å²) in [5, 5.41) is 0.617. The molecule has 0 bridgehead atoms. The summed E-state index contributed by atoms with van der Waals surface area (Å²) >= 11 is 6.11. The van der Waals surface area contributed by atoms with Crippen molar-refractivity contribution in [3.8, 4) is 5.75 Å². The molecule has 0 unspecified atom stereocenters. The monoisotopic (exact) mass is 450 g/mol. The minimum atomic E-state index is -0.400. The van der Waals surface area contributed by atoms with Gasteiger partial charge in [0.1, 0.15) is 5.75 Å². The molecule has 0 radical (unpaired) electrons. The number of ether oxygens (including phenoxy) is 1. The van der Waals surface area contributed by atoms with Gasteiger partial charge in [-0.3, -0.25) is 9.59 Å². The predicted octanol–water partition coefficient (Wildman–Crippen LogP) is 2.05. The number of piperazine rings is 1. The number of carbonyl (C=O) groups is 2. The number of likely N-dealkylation sites (N-methyl/N-ethyl adjacent to an activating group) is 2. The molecule has 8 heteroatoms. The molecule has 2 aliphatic rings. The topological polar surface area (TPSA) is 56.3 Å². The molecule has 172 valence electrons. The first-order valence-corrected chi connectivity index (χ1v) is 11.4. The first-order valence-electron chi connectivity index (χ1n) is 11.0. The van der Waals surface area contributed by atoms with E-state index in [0.717, 1.165) is 45.6 Å². The van der Waals surface area contributed by atoms with Gasteiger partial charge in [0.25, 0.3) is 0 Å². The van der Waals surface area contributed by atoms with Crippen LogP contribution in [-0.2, 0) is 9.59 Å². The summed E-state index contributed by atoms with van der Waals surface area (Å²) in [6.07, 6.45) is 2.12. The van der Waals surface area contributed by atoms with Gasteiger partial charge in [0, 0.05) is 56.1 Å². The Morgan fingerprint density at radius 1 is 1.10 bits per heavy atom. The first-order chi connectivity index (χ1) is 14.8. The number of hydrogen-bond acceptors (Lipinski definition) is 5. The summed E-state index contributed by atoms with van der Waals surface area (Å²) < 4.78 is 6.13. The zero-order valence-corrected chi connectivity index (χ0v) is 19.7. The summed E-state index contributed by atoms with van der Waals surface area (Å²) in [6.45, 7) is 5.33. The van der Waals surface area contributed by atoms with Gasteiger partial charge >= 0.3 is 0 Å². The predicted molar refractivity (Wildman–Crippen MR) is 122 cm³/mol. The molecule has 7 nitrogen and oxygen atoms in total. The number of halogens is 1. The summed E-state index contributed by atoms with van der Waals surface area (Å²) in [5.74, 6) is 0.948. The van der Waals surface area contributed by atoms with E-state index in [4.69, 9.17) is 16.3 Å². The van der Waals surface area contributed by atoms with E-state index in [-0.39, 0.29) is 11.8 Å². The molecular formula is C23H35ClN4O3. The highest BCUT2D eigenvalue weighted by Crippen LogP contribution is 2.35. The maximum atomic E-state index is 13.2. The van der Waals surface area contributed by atoms with Crippen LogP contribution < -0.4 is 4.74 Å². The standard InChI is InChI=1S/C23H35ClN4O3/c1-25(2)16-22(30)28-9-5-8-23(17-28,18-31-20-7-4-6-19(24)14-20)15-21(29)27-12-10-26(3)11-13-27/h4,6-7,14H,5,8-13,15-18H2,1-3H3/t23-/m1/s1. The van der Waals surface area contributed by atoms with E-state index in [1.165, 1.54) is 0 Å². The Kier molecular flexibility index (Phi) is 8.19. The Labute approximate surface area is 190 Å². The molecule has 0 spiro atoms. The van der Waals surface area contributed by atoms with E-state index in [2.05, 4.69) is 11.9 Å². The molecule has 2 fully saturated rings. The molecule has 1 aromatic carbocycles. The van der Waals surface area contributed by atoms with Crippen molar-refractivity contribution < 1.29 is 14.3 Å². The van der Waals surface area contributed by atoms with Crippen molar-refractivity contribution >= 4 is 23.4 Å². The zero-order valence-electron chi connectivity index (χ0n) is 19.0. The van der Waals surface area contributed by atoms with Crippen LogP contribution in [0.5, 0.6) is 5.75 Å². The van der Waals surface area contributed by atoms with Gasteiger partial charge in [-0.25, -0.2) is 0 Å². The molecule has 0 N–H and O–H groups in total. The number of rotatable bonds is 7. The van der Waals surface area contributed by atoms with Crippen LogP contribution in [0, 0.1) is 5.41 Å². The fourth-order valence-electron chi connectivity index (χ4n) is 4.39. The third-order valence-corrected chi connectivity index (χ3v) is 6.42. The molecule has 0 aromatic heterocycles. The van der Waals surface area contributed by atoms with Gasteiger partial charge in [-0.2, -0.15) is 0 Å². The molecule has 1 atom stereocenters. The number of likely N-dealkylation sites (tertiary alicyclic amines) is 1. The van der Waals surface area contributed by atoms with Gasteiger partial charge in [-0.1, -0.05) is 17.7 Å². The van der Waals surface area contributed by atoms with E-state index in [0.29, 0.717) is 36.9 Å². The number of benzene rings is 1. The fraction of sp³-hybridized carbons (Fsp3) is 0.652. The molecule has 2 saturated heterocycles. The van der Waals surface area contributed by atoms with Crippen molar-refractivity contribution in [1.29, 1.82) is 0 Å². The van der Waals surface area contributed by atoms with Crippen LogP contribution in [-0.4, -0.2) is 105 Å². The highest BCUT2D eigenvalue weighted by Gasteiger charge is 2.41. The maximum absolute atomic E-state index is 13.2. The zero-order chi connectivity index (χ0) is 22.4. The van der Waals surface area contributed by atoms with Crippen molar-refractivity contribution in [1.82, 2.24) is 19.6 Å². The van der Waals surface area contributed by atoms with Crippen molar-refractivity contribution in [2.45, 2.75) is 19.3 Å². The maximum Gasteiger partial charge on any atom is 0.236 e. The van der Waals surface area contributed by atoms with Crippen LogP contribution in [0.2, 0.25) is 5.02 Å². The van der Waals surface area contributed by atoms with Gasteiger partial charge in [0.15, 0.2) is 0 Å². The lowest BCUT2D eigenvalue weighted by atomic mass is 9.77. The molecule has 0 aliphatic carbocycles. The third kappa shape index (κ3) is 6.82. The third-order valence-electron chi connectivity index (χ3n) is 6.19. The van der Waals surface area contributed by atoms with Gasteiger partial charge in [-0.15, -0.1) is 0 Å². The van der Waals surface area contributed by atoms with E-state index < -0.39 is 5.41 Å². The van der Waals surface area contributed by atoms with E-state index >= 15 is 0 Å². The normalized spacial score (nSPS) is 22.6. The van der Waals surface area contributed by atoms with Gasteiger partial charge < -0.3 is 24.3 Å². The molecule has 1 aromatic rings. The number of carbonyl (C=O) groups excluding carboxylic acids is 2. The number of amides is 2. The van der Waals surface area contributed by atoms with Crippen LogP contribution in [0.3, 0.4) is 0 Å². The van der Waals surface area contributed by atoms with Gasteiger partial charge in [0.05, 0.1) is 13.2 Å². The molecule has 31 heavy (non-hydrogen) atoms. The number of piperidine rings is 1. The van der Waals surface area contributed by atoms with E-state index in [1.807, 2.05) is 47.0 Å². The lowest BCUT2D eigenvalue weighted by molar-refractivity contribution is -0.142. The lowest BCUT2D eigenvalue weighted by Crippen LogP contribution is -2.54. The van der Waals surface area contributed by atoms with E-state index in [9.17, 15) is 9.59 Å². The lowest BCUT2D eigenvalue weighted by Gasteiger charge is -2.44. The Balaban J connectivity index is 1.73. The van der Waals surface area contributed by atoms with Crippen LogP contribution in [0.15, 0.2) is 24.3 Å². The van der Waals surface area contributed by atoms with Crippen LogP contribution in [0.1, 0.15) is 19.3 Å². The first kappa shape index (κ1) is 23.8. The number of nitrogens with zero attached hydrogens (tertiary/aromatic N) is 4. The van der Waals surface area contributed by atoms with Crippen LogP contribution in [0.4, 0.5) is 0 Å². The second kappa shape index (κ2) is 10.7. The Morgan fingerprint density at radius 2 is 1.84 bits per heavy atom. The van der Waals surface area contributed by atoms with Crippen molar-refractivity contribution in [2.24, 2.45) is 5.41 Å². The SMILES string of the molecule is CN(C)CC(=O)N1CCC[C@@](COc2cccc(Cl)c2)(CC(=O)N2CCN(C)CC2)C1. The Bertz CT molecular complexity index is 767. The van der Waals surface area contributed by atoms with E-state index in [1.54, 1.807) is 6.07 Å². The molecule has 3 rings (SSSR count). The van der Waals surface area contributed by atoms with Gasteiger partial charge in [0.2, 0.25) is 11.8 Å². The summed E-state index contributed by atoms with van der Waals surface area (Å²) in [7, 11) is 5.88. The largest absolute Gasteiger partial charge is 0.493 e. The molecule has 2 amide bonds. The number of hydrogen-bond donors (Lipinski definition) is 0. The average molecular weight is 451 g/mol. The molecule has 2 aliphatic heterocycles. The Hall–Kier alpha value is -1.83. The average Bonchev–Trinajstić information content (AvgIpc) is 2.72. The summed E-state index contributed by atoms with van der Waals surface area (Å²) in [4.78, 5) is 34.0. The minimum Gasteiger partial charge on any atom is -0.493 e. The fourth-order valence-corrected chi connectivity index (χ4v) is 4.57. The summed E-state index contributed by atoms with van der Waals surface area (Å²) in [5.41, 5.74) is -0.400. The second-order valence-corrected chi connectivity index (χ2v) is 9.70. The highest BCUT2D eigenvalue weighted by atomic mass is 35.5. The van der Waals surface area contributed by atoms with Crippen molar-refractivity contribution in [2.75, 3.05) is 73.6 Å². The molecular weight excluding hydrogens is 416 g/mol. The van der Waals surface area contributed by atoms with Crippen LogP contribution >= 0.6 is 11.6 Å². The second-order valence-electron chi connectivity index (χ2n) is 9.26. The van der Waals surface area contributed by atoms with Crippen molar-refractivity contribution in [3.05, 3.63) is 29.3 Å². The summed E-state index contributed by atoms with van der Waals surface area (Å²) in [6, 6.07) is 7.33. The smallest absolute Gasteiger partial charge is 0.236 e. The minimum absolute atomic E-state index is 0.101. The van der Waals surface area contributed by atoms with Crippen LogP contribution in [0.25, 0.3) is 0 Å². The Morgan fingerprint density at radius 3 is 2.52 bits per heavy atom.